The smallest absolute Gasteiger partial charge is 0.407 e. The van der Waals surface area contributed by atoms with E-state index in [4.69, 9.17) is 5.11 Å². The third-order valence-electron chi connectivity index (χ3n) is 3.17. The van der Waals surface area contributed by atoms with Gasteiger partial charge in [-0.15, -0.1) is 0 Å². The van der Waals surface area contributed by atoms with E-state index in [1.54, 1.807) is 0 Å². The second kappa shape index (κ2) is 5.08. The van der Waals surface area contributed by atoms with Crippen LogP contribution >= 0.6 is 0 Å². The first-order valence-corrected chi connectivity index (χ1v) is 7.56. The number of amides is 1. The van der Waals surface area contributed by atoms with Crippen LogP contribution in [0.15, 0.2) is 24.3 Å². The number of rotatable bonds is 2. The van der Waals surface area contributed by atoms with Crippen LogP contribution in [0.1, 0.15) is 11.6 Å². The van der Waals surface area contributed by atoms with Crippen LogP contribution in [-0.4, -0.2) is 47.5 Å². The second-order valence-corrected chi connectivity index (χ2v) is 6.68. The molecule has 1 saturated heterocycles. The molecule has 8 nitrogen and oxygen atoms in total. The van der Waals surface area contributed by atoms with Crippen molar-refractivity contribution >= 4 is 21.6 Å². The highest BCUT2D eigenvalue weighted by Crippen LogP contribution is 2.28. The highest BCUT2D eigenvalue weighted by molar-refractivity contribution is 7.91. The zero-order chi connectivity index (χ0) is 14.9. The molecule has 1 aliphatic rings. The predicted octanol–water partition coefficient (Wildman–Crippen LogP) is 1.04. The Kier molecular flexibility index (Phi) is 3.62. The number of hydrogen-bond acceptors (Lipinski definition) is 5. The monoisotopic (exact) mass is 300 g/mol. The molecule has 1 unspecified atom stereocenters. The van der Waals surface area contributed by atoms with Crippen molar-refractivity contribution in [2.75, 3.05) is 18.1 Å². The van der Waals surface area contributed by atoms with Gasteiger partial charge in [0, 0.05) is 18.7 Å². The van der Waals surface area contributed by atoms with Crippen molar-refractivity contribution in [2.45, 2.75) is 6.04 Å². The highest BCUT2D eigenvalue weighted by atomic mass is 32.2. The number of sulfone groups is 1. The SMILES string of the molecule is O=C(O)N1CCS(=O)(=O)CC1c1ccc([N+](=O)[O-])cc1. The minimum Gasteiger partial charge on any atom is -0.465 e. The lowest BCUT2D eigenvalue weighted by Crippen LogP contribution is -2.45. The highest BCUT2D eigenvalue weighted by Gasteiger charge is 2.35. The first-order chi connectivity index (χ1) is 9.30. The van der Waals surface area contributed by atoms with Crippen molar-refractivity contribution in [2.24, 2.45) is 0 Å². The maximum atomic E-state index is 11.6. The zero-order valence-corrected chi connectivity index (χ0v) is 11.1. The van der Waals surface area contributed by atoms with Crippen LogP contribution in [0.5, 0.6) is 0 Å². The molecule has 1 amide bonds. The lowest BCUT2D eigenvalue weighted by atomic mass is 10.1. The van der Waals surface area contributed by atoms with Gasteiger partial charge in [-0.25, -0.2) is 13.2 Å². The summed E-state index contributed by atoms with van der Waals surface area (Å²) in [5, 5.41) is 19.7. The Morgan fingerprint density at radius 1 is 1.35 bits per heavy atom. The summed E-state index contributed by atoms with van der Waals surface area (Å²) in [6.07, 6.45) is -1.21. The quantitative estimate of drug-likeness (QED) is 0.644. The van der Waals surface area contributed by atoms with E-state index in [-0.39, 0.29) is 23.7 Å². The molecule has 1 aromatic rings. The molecule has 1 fully saturated rings. The van der Waals surface area contributed by atoms with Gasteiger partial charge in [0.15, 0.2) is 9.84 Å². The molecule has 0 bridgehead atoms. The average molecular weight is 300 g/mol. The molecular weight excluding hydrogens is 288 g/mol. The summed E-state index contributed by atoms with van der Waals surface area (Å²) in [7, 11) is -3.31. The van der Waals surface area contributed by atoms with Gasteiger partial charge < -0.3 is 5.11 Å². The normalized spacial score (nSPS) is 21.4. The van der Waals surface area contributed by atoms with Gasteiger partial charge in [0.2, 0.25) is 0 Å². The molecule has 9 heteroatoms. The first kappa shape index (κ1) is 14.3. The van der Waals surface area contributed by atoms with Crippen LogP contribution in [0.2, 0.25) is 0 Å². The Morgan fingerprint density at radius 3 is 2.45 bits per heavy atom. The predicted molar refractivity (Wildman–Crippen MR) is 69.2 cm³/mol. The summed E-state index contributed by atoms with van der Waals surface area (Å²) in [6.45, 7) is -0.0979. The molecule has 0 radical (unpaired) electrons. The van der Waals surface area contributed by atoms with E-state index in [0.717, 1.165) is 4.90 Å². The number of nitro benzene ring substituents is 1. The molecule has 0 saturated carbocycles. The minimum atomic E-state index is -3.31. The van der Waals surface area contributed by atoms with Crippen molar-refractivity contribution in [3.63, 3.8) is 0 Å². The fraction of sp³-hybridized carbons (Fsp3) is 0.364. The summed E-state index contributed by atoms with van der Waals surface area (Å²) in [5.41, 5.74) is 0.301. The molecule has 0 spiro atoms. The molecule has 1 aromatic carbocycles. The van der Waals surface area contributed by atoms with Crippen molar-refractivity contribution in [3.05, 3.63) is 39.9 Å². The molecule has 1 atom stereocenters. The molecular formula is C11H12N2O6S. The van der Waals surface area contributed by atoms with E-state index >= 15 is 0 Å². The Labute approximate surface area is 114 Å². The van der Waals surface area contributed by atoms with Gasteiger partial charge in [0.1, 0.15) is 0 Å². The van der Waals surface area contributed by atoms with Crippen molar-refractivity contribution in [1.82, 2.24) is 4.90 Å². The Balaban J connectivity index is 2.35. The molecule has 108 valence electrons. The number of nitro groups is 1. The fourth-order valence-corrected chi connectivity index (χ4v) is 3.63. The number of benzene rings is 1. The van der Waals surface area contributed by atoms with E-state index in [9.17, 15) is 23.3 Å². The molecule has 0 aliphatic carbocycles. The number of carboxylic acid groups (broad SMARTS) is 1. The third kappa shape index (κ3) is 2.87. The van der Waals surface area contributed by atoms with Crippen molar-refractivity contribution in [1.29, 1.82) is 0 Å². The maximum absolute atomic E-state index is 11.6. The molecule has 1 N–H and O–H groups in total. The van der Waals surface area contributed by atoms with E-state index in [2.05, 4.69) is 0 Å². The van der Waals surface area contributed by atoms with Crippen molar-refractivity contribution < 1.29 is 23.2 Å². The maximum Gasteiger partial charge on any atom is 0.407 e. The lowest BCUT2D eigenvalue weighted by molar-refractivity contribution is -0.384. The summed E-state index contributed by atoms with van der Waals surface area (Å²) in [6, 6.07) is 4.42. The topological polar surface area (TPSA) is 118 Å². The van der Waals surface area contributed by atoms with Crippen molar-refractivity contribution in [3.8, 4) is 0 Å². The minimum absolute atomic E-state index is 0.0979. The Bertz CT molecular complexity index is 639. The van der Waals surface area contributed by atoms with Crippen LogP contribution in [-0.2, 0) is 9.84 Å². The van der Waals surface area contributed by atoms with Crippen LogP contribution < -0.4 is 0 Å². The molecule has 1 aliphatic heterocycles. The number of carbonyl (C=O) groups is 1. The summed E-state index contributed by atoms with van der Waals surface area (Å²) in [4.78, 5) is 22.2. The molecule has 1 heterocycles. The van der Waals surface area contributed by atoms with Crippen LogP contribution in [0.3, 0.4) is 0 Å². The standard InChI is InChI=1S/C11H12N2O6S/c14-11(15)12-5-6-20(18,19)7-10(12)8-1-3-9(4-2-8)13(16)17/h1-4,10H,5-7H2,(H,14,15). The molecule has 2 rings (SSSR count). The van der Waals surface area contributed by atoms with Gasteiger partial charge in [-0.2, -0.15) is 0 Å². The number of nitrogens with zero attached hydrogens (tertiary/aromatic N) is 2. The first-order valence-electron chi connectivity index (χ1n) is 5.74. The second-order valence-electron chi connectivity index (χ2n) is 4.45. The molecule has 20 heavy (non-hydrogen) atoms. The summed E-state index contributed by atoms with van der Waals surface area (Å²) < 4.78 is 23.3. The van der Waals surface area contributed by atoms with E-state index in [1.807, 2.05) is 0 Å². The fourth-order valence-electron chi connectivity index (χ4n) is 2.13. The van der Waals surface area contributed by atoms with Gasteiger partial charge in [-0.05, 0) is 5.56 Å². The zero-order valence-electron chi connectivity index (χ0n) is 10.3. The van der Waals surface area contributed by atoms with E-state index in [1.165, 1.54) is 24.3 Å². The Morgan fingerprint density at radius 2 is 1.95 bits per heavy atom. The summed E-state index contributed by atoms with van der Waals surface area (Å²) >= 11 is 0. The van der Waals surface area contributed by atoms with Crippen LogP contribution in [0.25, 0.3) is 0 Å². The van der Waals surface area contributed by atoms with Crippen LogP contribution in [0, 0.1) is 10.1 Å². The lowest BCUT2D eigenvalue weighted by Gasteiger charge is -2.33. The summed E-state index contributed by atoms with van der Waals surface area (Å²) in [5.74, 6) is -0.514. The number of hydrogen-bond donors (Lipinski definition) is 1. The van der Waals surface area contributed by atoms with Gasteiger partial charge in [-0.1, -0.05) is 12.1 Å². The third-order valence-corrected chi connectivity index (χ3v) is 4.79. The number of non-ortho nitro benzene ring substituents is 1. The van der Waals surface area contributed by atoms with Gasteiger partial charge >= 0.3 is 6.09 Å². The van der Waals surface area contributed by atoms with Gasteiger partial charge in [-0.3, -0.25) is 15.0 Å². The van der Waals surface area contributed by atoms with Gasteiger partial charge in [0.05, 0.1) is 22.5 Å². The van der Waals surface area contributed by atoms with Crippen LogP contribution in [0.4, 0.5) is 10.5 Å². The van der Waals surface area contributed by atoms with Gasteiger partial charge in [0.25, 0.3) is 5.69 Å². The average Bonchev–Trinajstić information content (AvgIpc) is 2.37. The van der Waals surface area contributed by atoms with E-state index < -0.39 is 26.9 Å². The van der Waals surface area contributed by atoms with E-state index in [0.29, 0.717) is 5.56 Å². The largest absolute Gasteiger partial charge is 0.465 e. The molecule has 0 aromatic heterocycles. The Hall–Kier alpha value is -2.16.